The minimum Gasteiger partial charge on any atom is -0.479 e. The van der Waals surface area contributed by atoms with E-state index < -0.39 is 128 Å². The van der Waals surface area contributed by atoms with Gasteiger partial charge in [0.05, 0.1) is 12.2 Å². The third-order valence-corrected chi connectivity index (χ3v) is 7.65. The third-order valence-electron chi connectivity index (χ3n) is 7.65. The Morgan fingerprint density at radius 3 is 1.73 bits per heavy atom. The van der Waals surface area contributed by atoms with Gasteiger partial charge in [-0.05, 0) is 19.9 Å². The first-order valence-electron chi connectivity index (χ1n) is 13.4. The van der Waals surface area contributed by atoms with E-state index in [0.29, 0.717) is 6.08 Å². The molecule has 3 fully saturated rings. The second kappa shape index (κ2) is 13.7. The Morgan fingerprint density at radius 1 is 0.614 bits per heavy atom. The number of rotatable bonds is 8. The molecule has 0 aliphatic carbocycles. The van der Waals surface area contributed by atoms with E-state index in [-0.39, 0.29) is 0 Å². The standard InChI is InChI=1S/C24H36O20/c1-4-8(26)11(29)16(21(37)38-4)42-23-14(32)13(31)15(18(44-23)20(35)36)41-24-17(12(30)9(27)5(2)39-24)43-22-10(28)6(25)3-7(40-22)19(33)34/h3-6,8-18,21-32,37H,1-2H3,(H,33,34)(H,35,36)/t4-,5-,6-,8-,9-,10+,11+,12+,13+,14+,15+,16+,17+,18-,21+,22-,23-,24-/m0/s1. The highest BCUT2D eigenvalue weighted by Crippen LogP contribution is 2.34. The van der Waals surface area contributed by atoms with Crippen LogP contribution in [0.4, 0.5) is 0 Å². The average Bonchev–Trinajstić information content (AvgIpc) is 2.95. The number of carboxylic acids is 2. The maximum atomic E-state index is 12.2. The second-order valence-corrected chi connectivity index (χ2v) is 10.8. The van der Waals surface area contributed by atoms with Crippen molar-refractivity contribution in [2.75, 3.05) is 0 Å². The van der Waals surface area contributed by atoms with E-state index >= 15 is 0 Å². The van der Waals surface area contributed by atoms with E-state index in [2.05, 4.69) is 0 Å². The third kappa shape index (κ3) is 6.84. The van der Waals surface area contributed by atoms with Gasteiger partial charge in [0.15, 0.2) is 25.0 Å². The summed E-state index contributed by atoms with van der Waals surface area (Å²) >= 11 is 0. The summed E-state index contributed by atoms with van der Waals surface area (Å²) in [5.41, 5.74) is 0. The summed E-state index contributed by atoms with van der Waals surface area (Å²) in [6, 6.07) is 0. The number of aliphatic carboxylic acids is 2. The molecule has 3 saturated heterocycles. The van der Waals surface area contributed by atoms with Crippen molar-refractivity contribution in [3.05, 3.63) is 11.8 Å². The topological polar surface area (TPSA) is 321 Å². The van der Waals surface area contributed by atoms with Crippen molar-refractivity contribution in [1.82, 2.24) is 0 Å². The number of aliphatic hydroxyl groups is 9. The van der Waals surface area contributed by atoms with Crippen LogP contribution >= 0.6 is 0 Å². The molecule has 11 N–H and O–H groups in total. The fourth-order valence-corrected chi connectivity index (χ4v) is 5.07. The fourth-order valence-electron chi connectivity index (χ4n) is 5.07. The maximum absolute atomic E-state index is 12.2. The zero-order valence-corrected chi connectivity index (χ0v) is 23.1. The Hall–Kier alpha value is -2.12. The van der Waals surface area contributed by atoms with Crippen molar-refractivity contribution in [2.24, 2.45) is 0 Å². The summed E-state index contributed by atoms with van der Waals surface area (Å²) in [6.07, 6.45) is -32.2. The number of aliphatic hydroxyl groups excluding tert-OH is 9. The lowest BCUT2D eigenvalue weighted by Gasteiger charge is -2.48. The number of carbonyl (C=O) groups is 2. The van der Waals surface area contributed by atoms with E-state index in [1.54, 1.807) is 0 Å². The summed E-state index contributed by atoms with van der Waals surface area (Å²) in [6.45, 7) is 2.62. The molecule has 4 aliphatic heterocycles. The van der Waals surface area contributed by atoms with Crippen LogP contribution in [0.1, 0.15) is 13.8 Å². The van der Waals surface area contributed by atoms with E-state index in [1.807, 2.05) is 0 Å². The Kier molecular flexibility index (Phi) is 10.8. The lowest BCUT2D eigenvalue weighted by Crippen LogP contribution is -2.67. The lowest BCUT2D eigenvalue weighted by atomic mass is 9.96. The van der Waals surface area contributed by atoms with Gasteiger partial charge < -0.3 is 89.3 Å². The lowest BCUT2D eigenvalue weighted by molar-refractivity contribution is -0.383. The molecule has 4 aliphatic rings. The Bertz CT molecular complexity index is 1060. The van der Waals surface area contributed by atoms with Gasteiger partial charge in [-0.2, -0.15) is 0 Å². The molecule has 44 heavy (non-hydrogen) atoms. The van der Waals surface area contributed by atoms with Crippen LogP contribution in [-0.2, 0) is 42.7 Å². The zero-order valence-electron chi connectivity index (χ0n) is 23.1. The molecule has 0 aromatic heterocycles. The quantitative estimate of drug-likeness (QED) is 0.117. The van der Waals surface area contributed by atoms with E-state index in [1.165, 1.54) is 13.8 Å². The van der Waals surface area contributed by atoms with Gasteiger partial charge in [-0.3, -0.25) is 0 Å². The fraction of sp³-hybridized carbons (Fsp3) is 0.833. The summed E-state index contributed by atoms with van der Waals surface area (Å²) in [5.74, 6) is -4.26. The van der Waals surface area contributed by atoms with Gasteiger partial charge in [-0.15, -0.1) is 0 Å². The smallest absolute Gasteiger partial charge is 0.371 e. The molecule has 0 saturated carbocycles. The molecule has 20 nitrogen and oxygen atoms in total. The van der Waals surface area contributed by atoms with E-state index in [0.717, 1.165) is 0 Å². The molecule has 0 unspecified atom stereocenters. The van der Waals surface area contributed by atoms with Crippen molar-refractivity contribution in [3.8, 4) is 0 Å². The first-order valence-corrected chi connectivity index (χ1v) is 13.4. The molecule has 0 bridgehead atoms. The Morgan fingerprint density at radius 2 is 1.14 bits per heavy atom. The predicted molar refractivity (Wildman–Crippen MR) is 130 cm³/mol. The van der Waals surface area contributed by atoms with Crippen LogP contribution in [-0.4, -0.2) is 179 Å². The van der Waals surface area contributed by atoms with Crippen LogP contribution in [0.5, 0.6) is 0 Å². The molecular formula is C24H36O20. The van der Waals surface area contributed by atoms with Gasteiger partial charge >= 0.3 is 11.9 Å². The largest absolute Gasteiger partial charge is 0.479 e. The molecule has 4 heterocycles. The zero-order chi connectivity index (χ0) is 32.8. The molecule has 0 radical (unpaired) electrons. The van der Waals surface area contributed by atoms with Crippen molar-refractivity contribution in [3.63, 3.8) is 0 Å². The van der Waals surface area contributed by atoms with Crippen LogP contribution in [0, 0.1) is 0 Å². The van der Waals surface area contributed by atoms with E-state index in [4.69, 9.17) is 33.2 Å². The van der Waals surface area contributed by atoms with Crippen molar-refractivity contribution >= 4 is 11.9 Å². The minimum absolute atomic E-state index is 0.678. The maximum Gasteiger partial charge on any atom is 0.371 e. The SMILES string of the molecule is C[C@@H]1O[C@@H](O)[C@H](O[C@H]2O[C@H](C(=O)O)[C@H](O[C@@H]3O[C@@H](C)[C@H](O)[C@@H](O)[C@H]3O[C@@H]3OC(C(=O)O)=C[C@H](O)[C@H]3O)[C@H](O)[C@H]2O)[C@H](O)[C@H]1O. The molecule has 0 spiro atoms. The molecule has 252 valence electrons. The predicted octanol–water partition coefficient (Wildman–Crippen LogP) is -6.35. The highest BCUT2D eigenvalue weighted by Gasteiger charge is 2.55. The van der Waals surface area contributed by atoms with Crippen LogP contribution in [0.15, 0.2) is 11.8 Å². The number of hydrogen-bond donors (Lipinski definition) is 11. The van der Waals surface area contributed by atoms with Gasteiger partial charge in [0.25, 0.3) is 0 Å². The first-order chi connectivity index (χ1) is 20.5. The molecule has 20 heteroatoms. The van der Waals surface area contributed by atoms with Crippen LogP contribution < -0.4 is 0 Å². The monoisotopic (exact) mass is 644 g/mol. The normalized spacial score (nSPS) is 49.9. The highest BCUT2D eigenvalue weighted by molar-refractivity contribution is 5.84. The van der Waals surface area contributed by atoms with Gasteiger partial charge in [-0.1, -0.05) is 0 Å². The molecular weight excluding hydrogens is 608 g/mol. The van der Waals surface area contributed by atoms with Gasteiger partial charge in [0, 0.05) is 0 Å². The first kappa shape index (κ1) is 34.7. The number of ether oxygens (including phenoxy) is 7. The summed E-state index contributed by atoms with van der Waals surface area (Å²) in [4.78, 5) is 23.5. The summed E-state index contributed by atoms with van der Waals surface area (Å²) < 4.78 is 37.2. The van der Waals surface area contributed by atoms with Crippen LogP contribution in [0.2, 0.25) is 0 Å². The number of carboxylic acid groups (broad SMARTS) is 2. The van der Waals surface area contributed by atoms with Gasteiger partial charge in [0.2, 0.25) is 12.0 Å². The van der Waals surface area contributed by atoms with Gasteiger partial charge in [-0.25, -0.2) is 9.59 Å². The molecule has 4 rings (SSSR count). The Labute approximate surface area is 247 Å². The van der Waals surface area contributed by atoms with Crippen molar-refractivity contribution < 1.29 is 98.9 Å². The Balaban J connectivity index is 1.54. The number of hydrogen-bond acceptors (Lipinski definition) is 18. The molecule has 0 aromatic carbocycles. The molecule has 0 aromatic rings. The molecule has 0 amide bonds. The highest BCUT2D eigenvalue weighted by atomic mass is 16.8. The van der Waals surface area contributed by atoms with Crippen LogP contribution in [0.3, 0.4) is 0 Å². The average molecular weight is 645 g/mol. The summed E-state index contributed by atoms with van der Waals surface area (Å²) in [7, 11) is 0. The summed E-state index contributed by atoms with van der Waals surface area (Å²) in [5, 5.41) is 113. The van der Waals surface area contributed by atoms with Crippen molar-refractivity contribution in [1.29, 1.82) is 0 Å². The molecule has 18 atom stereocenters. The van der Waals surface area contributed by atoms with E-state index in [9.17, 15) is 65.8 Å². The van der Waals surface area contributed by atoms with Crippen LogP contribution in [0.25, 0.3) is 0 Å². The minimum atomic E-state index is -2.18. The second-order valence-electron chi connectivity index (χ2n) is 10.8. The van der Waals surface area contributed by atoms with Gasteiger partial charge in [0.1, 0.15) is 67.1 Å². The van der Waals surface area contributed by atoms with Crippen molar-refractivity contribution in [2.45, 2.75) is 124 Å².